The van der Waals surface area contributed by atoms with E-state index in [4.69, 9.17) is 0 Å². The molecule has 0 aliphatic heterocycles. The average Bonchev–Trinajstić information content (AvgIpc) is 2.80. The predicted octanol–water partition coefficient (Wildman–Crippen LogP) is 3.42. The minimum atomic E-state index is -0.471. The van der Waals surface area contributed by atoms with Crippen molar-refractivity contribution in [1.82, 2.24) is 9.78 Å². The van der Waals surface area contributed by atoms with E-state index in [0.29, 0.717) is 27.7 Å². The molecule has 148 valence electrons. The van der Waals surface area contributed by atoms with Crippen molar-refractivity contribution in [3.8, 4) is 5.69 Å². The van der Waals surface area contributed by atoms with E-state index in [1.807, 2.05) is 6.07 Å². The molecule has 0 atom stereocenters. The van der Waals surface area contributed by atoms with Crippen LogP contribution in [0.25, 0.3) is 16.5 Å². The van der Waals surface area contributed by atoms with Gasteiger partial charge in [-0.3, -0.25) is 9.59 Å². The number of rotatable bonds is 4. The number of nitrogens with zero attached hydrogens (tertiary/aromatic N) is 2. The van der Waals surface area contributed by atoms with Crippen LogP contribution in [0.2, 0.25) is 0 Å². The molecule has 1 N–H and O–H groups in total. The summed E-state index contributed by atoms with van der Waals surface area (Å²) >= 11 is 0. The summed E-state index contributed by atoms with van der Waals surface area (Å²) in [6.45, 7) is 0. The van der Waals surface area contributed by atoms with E-state index in [2.05, 4.69) is 15.2 Å². The van der Waals surface area contributed by atoms with Gasteiger partial charge in [-0.2, -0.15) is 9.78 Å². The summed E-state index contributed by atoms with van der Waals surface area (Å²) in [5.74, 6) is -0.933. The second-order valence-electron chi connectivity index (χ2n) is 6.47. The fourth-order valence-corrected chi connectivity index (χ4v) is 3.10. The van der Waals surface area contributed by atoms with Gasteiger partial charge in [-0.25, -0.2) is 4.79 Å². The molecule has 7 heteroatoms. The van der Waals surface area contributed by atoms with Crippen molar-refractivity contribution < 1.29 is 14.3 Å². The molecule has 4 rings (SSSR count). The largest absolute Gasteiger partial charge is 0.465 e. The zero-order chi connectivity index (χ0) is 21.1. The van der Waals surface area contributed by atoms with E-state index in [1.54, 1.807) is 72.8 Å². The lowest BCUT2D eigenvalue weighted by atomic mass is 10.1. The molecule has 1 aromatic heterocycles. The fourth-order valence-electron chi connectivity index (χ4n) is 3.10. The van der Waals surface area contributed by atoms with Crippen molar-refractivity contribution in [1.29, 1.82) is 0 Å². The van der Waals surface area contributed by atoms with Gasteiger partial charge in [0.1, 0.15) is 0 Å². The lowest BCUT2D eigenvalue weighted by Crippen LogP contribution is -2.26. The lowest BCUT2D eigenvalue weighted by Gasteiger charge is -2.11. The molecular weight excluding hydrogens is 382 g/mol. The van der Waals surface area contributed by atoms with Gasteiger partial charge in [0.2, 0.25) is 0 Å². The number of amides is 1. The van der Waals surface area contributed by atoms with Crippen LogP contribution in [0.1, 0.15) is 20.8 Å². The number of hydrogen-bond donors (Lipinski definition) is 1. The van der Waals surface area contributed by atoms with Gasteiger partial charge < -0.3 is 10.1 Å². The molecule has 7 nitrogen and oxygen atoms in total. The van der Waals surface area contributed by atoms with Gasteiger partial charge in [-0.05, 0) is 42.5 Å². The number of benzene rings is 3. The Bertz CT molecular complexity index is 1300. The van der Waals surface area contributed by atoms with Crippen LogP contribution in [0.15, 0.2) is 83.7 Å². The van der Waals surface area contributed by atoms with E-state index in [9.17, 15) is 14.4 Å². The standard InChI is InChI=1S/C23H17N3O4/c1-30-23(29)15-11-13-16(14-12-15)24-21(27)20-18-9-5-6-10-19(18)22(28)26(25-20)17-7-3-2-4-8-17/h2-14H,1H3,(H,24,27). The SMILES string of the molecule is COC(=O)c1ccc(NC(=O)c2nn(-c3ccccc3)c(=O)c3ccccc23)cc1. The van der Waals surface area contributed by atoms with Crippen LogP contribution in [0.3, 0.4) is 0 Å². The number of para-hydroxylation sites is 1. The number of anilines is 1. The van der Waals surface area contributed by atoms with E-state index in [0.717, 1.165) is 0 Å². The third kappa shape index (κ3) is 3.56. The topological polar surface area (TPSA) is 90.3 Å². The Morgan fingerprint density at radius 2 is 1.50 bits per heavy atom. The number of hydrogen-bond acceptors (Lipinski definition) is 5. The quantitative estimate of drug-likeness (QED) is 0.531. The summed E-state index contributed by atoms with van der Waals surface area (Å²) in [5, 5.41) is 7.96. The normalized spacial score (nSPS) is 10.6. The lowest BCUT2D eigenvalue weighted by molar-refractivity contribution is 0.0600. The fraction of sp³-hybridized carbons (Fsp3) is 0.0435. The zero-order valence-electron chi connectivity index (χ0n) is 16.0. The Balaban J connectivity index is 1.76. The van der Waals surface area contributed by atoms with Crippen LogP contribution < -0.4 is 10.9 Å². The second-order valence-corrected chi connectivity index (χ2v) is 6.47. The van der Waals surface area contributed by atoms with E-state index < -0.39 is 11.9 Å². The molecule has 0 radical (unpaired) electrons. The number of aromatic nitrogens is 2. The van der Waals surface area contributed by atoms with Gasteiger partial charge >= 0.3 is 5.97 Å². The maximum absolute atomic E-state index is 13.0. The second kappa shape index (κ2) is 8.00. The molecular formula is C23H17N3O4. The first-order valence-corrected chi connectivity index (χ1v) is 9.15. The highest BCUT2D eigenvalue weighted by Crippen LogP contribution is 2.17. The molecule has 4 aromatic rings. The predicted molar refractivity (Wildman–Crippen MR) is 113 cm³/mol. The highest BCUT2D eigenvalue weighted by Gasteiger charge is 2.18. The summed E-state index contributed by atoms with van der Waals surface area (Å²) in [7, 11) is 1.30. The van der Waals surface area contributed by atoms with Gasteiger partial charge in [0.25, 0.3) is 11.5 Å². The first-order valence-electron chi connectivity index (χ1n) is 9.15. The molecule has 3 aromatic carbocycles. The Morgan fingerprint density at radius 3 is 2.17 bits per heavy atom. The van der Waals surface area contributed by atoms with Gasteiger partial charge in [0.15, 0.2) is 5.69 Å². The van der Waals surface area contributed by atoms with E-state index in [1.165, 1.54) is 11.8 Å². The van der Waals surface area contributed by atoms with Crippen LogP contribution in [0, 0.1) is 0 Å². The van der Waals surface area contributed by atoms with Crippen molar-refractivity contribution in [3.63, 3.8) is 0 Å². The van der Waals surface area contributed by atoms with E-state index in [-0.39, 0.29) is 11.3 Å². The van der Waals surface area contributed by atoms with Crippen molar-refractivity contribution >= 4 is 28.3 Å². The van der Waals surface area contributed by atoms with Crippen LogP contribution in [0.4, 0.5) is 5.69 Å². The highest BCUT2D eigenvalue weighted by molar-refractivity contribution is 6.11. The van der Waals surface area contributed by atoms with Gasteiger partial charge in [-0.15, -0.1) is 0 Å². The van der Waals surface area contributed by atoms with Crippen LogP contribution in [0.5, 0.6) is 0 Å². The van der Waals surface area contributed by atoms with E-state index >= 15 is 0 Å². The molecule has 0 fully saturated rings. The zero-order valence-corrected chi connectivity index (χ0v) is 16.0. The molecule has 0 unspecified atom stereocenters. The molecule has 1 heterocycles. The maximum Gasteiger partial charge on any atom is 0.337 e. The molecule has 0 aliphatic rings. The third-order valence-corrected chi connectivity index (χ3v) is 4.58. The first kappa shape index (κ1) is 19.1. The average molecular weight is 399 g/mol. The molecule has 0 saturated carbocycles. The molecule has 0 bridgehead atoms. The number of esters is 1. The van der Waals surface area contributed by atoms with Gasteiger partial charge in [0.05, 0.1) is 23.7 Å². The number of fused-ring (bicyclic) bond motifs is 1. The Hall–Kier alpha value is -4.26. The highest BCUT2D eigenvalue weighted by atomic mass is 16.5. The smallest absolute Gasteiger partial charge is 0.337 e. The van der Waals surface area contributed by atoms with Crippen molar-refractivity contribution in [3.05, 3.63) is 100 Å². The Kier molecular flexibility index (Phi) is 5.09. The molecule has 1 amide bonds. The monoisotopic (exact) mass is 399 g/mol. The Labute approximate surface area is 171 Å². The van der Waals surface area contributed by atoms with Gasteiger partial charge in [0, 0.05) is 11.1 Å². The molecule has 30 heavy (non-hydrogen) atoms. The summed E-state index contributed by atoms with van der Waals surface area (Å²) < 4.78 is 5.89. The maximum atomic E-state index is 13.0. The summed E-state index contributed by atoms with van der Waals surface area (Å²) in [4.78, 5) is 37.5. The summed E-state index contributed by atoms with van der Waals surface area (Å²) in [6, 6.07) is 22.1. The van der Waals surface area contributed by atoms with Crippen LogP contribution in [-0.2, 0) is 4.74 Å². The summed E-state index contributed by atoms with van der Waals surface area (Å²) in [5.41, 5.74) is 1.22. The third-order valence-electron chi connectivity index (χ3n) is 4.58. The first-order chi connectivity index (χ1) is 14.6. The van der Waals surface area contributed by atoms with Crippen molar-refractivity contribution in [2.24, 2.45) is 0 Å². The molecule has 0 aliphatic carbocycles. The number of nitrogens with one attached hydrogen (secondary N) is 1. The number of ether oxygens (including phenoxy) is 1. The minimum absolute atomic E-state index is 0.117. The van der Waals surface area contributed by atoms with Gasteiger partial charge in [-0.1, -0.05) is 36.4 Å². The number of carbonyl (C=O) groups is 2. The molecule has 0 saturated heterocycles. The van der Waals surface area contributed by atoms with Crippen molar-refractivity contribution in [2.75, 3.05) is 12.4 Å². The summed E-state index contributed by atoms with van der Waals surface area (Å²) in [6.07, 6.45) is 0. The number of methoxy groups -OCH3 is 1. The van der Waals surface area contributed by atoms with Crippen LogP contribution in [-0.4, -0.2) is 28.8 Å². The minimum Gasteiger partial charge on any atom is -0.465 e. The van der Waals surface area contributed by atoms with Crippen LogP contribution >= 0.6 is 0 Å². The molecule has 0 spiro atoms. The van der Waals surface area contributed by atoms with Crippen molar-refractivity contribution in [2.45, 2.75) is 0 Å². The number of carbonyl (C=O) groups excluding carboxylic acids is 2. The Morgan fingerprint density at radius 1 is 0.867 bits per heavy atom.